The van der Waals surface area contributed by atoms with Crippen molar-refractivity contribution < 1.29 is 0 Å². The summed E-state index contributed by atoms with van der Waals surface area (Å²) in [4.78, 5) is 0. The second-order valence-corrected chi connectivity index (χ2v) is 4.09. The predicted molar refractivity (Wildman–Crippen MR) is 66.5 cm³/mol. The zero-order valence-electron chi connectivity index (χ0n) is 10.4. The van der Waals surface area contributed by atoms with E-state index in [1.807, 2.05) is 34.9 Å². The molecule has 0 atom stereocenters. The molecule has 0 saturated carbocycles. The molecule has 5 heteroatoms. The number of hydrogen-bond donors (Lipinski definition) is 1. The van der Waals surface area contributed by atoms with Gasteiger partial charge in [0, 0.05) is 50.2 Å². The van der Waals surface area contributed by atoms with Crippen molar-refractivity contribution in [3.63, 3.8) is 0 Å². The van der Waals surface area contributed by atoms with Crippen molar-refractivity contribution in [2.24, 2.45) is 7.05 Å². The van der Waals surface area contributed by atoms with Crippen molar-refractivity contribution in [1.82, 2.24) is 24.9 Å². The number of hydrogen-bond acceptors (Lipinski definition) is 3. The van der Waals surface area contributed by atoms with E-state index >= 15 is 0 Å². The molecule has 0 unspecified atom stereocenters. The topological polar surface area (TPSA) is 47.7 Å². The number of aromatic nitrogens is 4. The Labute approximate surface area is 101 Å². The van der Waals surface area contributed by atoms with E-state index in [0.717, 1.165) is 26.1 Å². The fourth-order valence-corrected chi connectivity index (χ4v) is 1.76. The summed E-state index contributed by atoms with van der Waals surface area (Å²) in [5.41, 5.74) is 2.46. The molecule has 0 bridgehead atoms. The van der Waals surface area contributed by atoms with Crippen molar-refractivity contribution in [3.05, 3.63) is 35.9 Å². The molecule has 0 aliphatic carbocycles. The zero-order valence-corrected chi connectivity index (χ0v) is 10.4. The van der Waals surface area contributed by atoms with Crippen LogP contribution in [-0.2, 0) is 26.6 Å². The first-order valence-corrected chi connectivity index (χ1v) is 5.98. The summed E-state index contributed by atoms with van der Waals surface area (Å²) in [5, 5.41) is 11.8. The molecule has 0 radical (unpaired) electrons. The maximum atomic E-state index is 4.35. The Bertz CT molecular complexity index is 457. The lowest BCUT2D eigenvalue weighted by Gasteiger charge is -2.02. The monoisotopic (exact) mass is 233 g/mol. The third-order valence-corrected chi connectivity index (χ3v) is 2.79. The lowest BCUT2D eigenvalue weighted by molar-refractivity contribution is 0.585. The number of nitrogens with zero attached hydrogens (tertiary/aromatic N) is 4. The molecule has 1 N–H and O–H groups in total. The normalized spacial score (nSPS) is 10.9. The maximum Gasteiger partial charge on any atom is 0.0534 e. The molecule has 92 valence electrons. The second-order valence-electron chi connectivity index (χ2n) is 4.09. The largest absolute Gasteiger partial charge is 0.313 e. The minimum absolute atomic E-state index is 0.891. The molecular weight excluding hydrogens is 214 g/mol. The SMILES string of the molecule is CCNCc1cnn(CCc2ccnn2C)c1. The summed E-state index contributed by atoms with van der Waals surface area (Å²) >= 11 is 0. The predicted octanol–water partition coefficient (Wildman–Crippen LogP) is 0.969. The minimum Gasteiger partial charge on any atom is -0.313 e. The average molecular weight is 233 g/mol. The van der Waals surface area contributed by atoms with Gasteiger partial charge in [-0.3, -0.25) is 9.36 Å². The van der Waals surface area contributed by atoms with Crippen molar-refractivity contribution in [2.75, 3.05) is 6.54 Å². The lowest BCUT2D eigenvalue weighted by Crippen LogP contribution is -2.11. The van der Waals surface area contributed by atoms with E-state index in [9.17, 15) is 0 Å². The first-order chi connectivity index (χ1) is 8.29. The van der Waals surface area contributed by atoms with Crippen LogP contribution < -0.4 is 5.32 Å². The van der Waals surface area contributed by atoms with Gasteiger partial charge in [-0.05, 0) is 12.6 Å². The molecule has 0 saturated heterocycles. The van der Waals surface area contributed by atoms with Gasteiger partial charge < -0.3 is 5.32 Å². The molecular formula is C12H19N5. The van der Waals surface area contributed by atoms with Crippen molar-refractivity contribution in [1.29, 1.82) is 0 Å². The van der Waals surface area contributed by atoms with Crippen LogP contribution in [-0.4, -0.2) is 26.1 Å². The lowest BCUT2D eigenvalue weighted by atomic mass is 10.3. The smallest absolute Gasteiger partial charge is 0.0534 e. The van der Waals surface area contributed by atoms with Gasteiger partial charge in [-0.2, -0.15) is 10.2 Å². The Kier molecular flexibility index (Phi) is 3.93. The second kappa shape index (κ2) is 5.63. The maximum absolute atomic E-state index is 4.35. The van der Waals surface area contributed by atoms with Gasteiger partial charge >= 0.3 is 0 Å². The summed E-state index contributed by atoms with van der Waals surface area (Å²) < 4.78 is 3.89. The van der Waals surface area contributed by atoms with Gasteiger partial charge in [0.25, 0.3) is 0 Å². The van der Waals surface area contributed by atoms with Gasteiger partial charge in [-0.1, -0.05) is 6.92 Å². The fourth-order valence-electron chi connectivity index (χ4n) is 1.76. The third-order valence-electron chi connectivity index (χ3n) is 2.79. The molecule has 2 rings (SSSR count). The quantitative estimate of drug-likeness (QED) is 0.808. The molecule has 2 aromatic heterocycles. The number of rotatable bonds is 6. The van der Waals surface area contributed by atoms with Crippen LogP contribution in [0.25, 0.3) is 0 Å². The summed E-state index contributed by atoms with van der Waals surface area (Å²) in [7, 11) is 1.97. The Morgan fingerprint density at radius 2 is 2.24 bits per heavy atom. The van der Waals surface area contributed by atoms with Gasteiger partial charge in [0.1, 0.15) is 0 Å². The van der Waals surface area contributed by atoms with E-state index in [1.54, 1.807) is 0 Å². The van der Waals surface area contributed by atoms with E-state index in [1.165, 1.54) is 11.3 Å². The summed E-state index contributed by atoms with van der Waals surface area (Å²) in [5.74, 6) is 0. The number of aryl methyl sites for hydroxylation is 3. The minimum atomic E-state index is 0.891. The van der Waals surface area contributed by atoms with Crippen LogP contribution in [0, 0.1) is 0 Å². The first kappa shape index (κ1) is 11.9. The van der Waals surface area contributed by atoms with Crippen LogP contribution in [0.15, 0.2) is 24.7 Å². The van der Waals surface area contributed by atoms with Crippen LogP contribution in [0.5, 0.6) is 0 Å². The molecule has 0 fully saturated rings. The molecule has 0 aromatic carbocycles. The van der Waals surface area contributed by atoms with E-state index in [2.05, 4.69) is 28.6 Å². The van der Waals surface area contributed by atoms with Gasteiger partial charge in [-0.25, -0.2) is 0 Å². The van der Waals surface area contributed by atoms with Gasteiger partial charge in [-0.15, -0.1) is 0 Å². The van der Waals surface area contributed by atoms with Crippen LogP contribution in [0.4, 0.5) is 0 Å². The molecule has 0 spiro atoms. The van der Waals surface area contributed by atoms with Gasteiger partial charge in [0.15, 0.2) is 0 Å². The van der Waals surface area contributed by atoms with Crippen molar-refractivity contribution in [3.8, 4) is 0 Å². The van der Waals surface area contributed by atoms with Gasteiger partial charge in [0.05, 0.1) is 6.20 Å². The van der Waals surface area contributed by atoms with Crippen LogP contribution in [0.3, 0.4) is 0 Å². The average Bonchev–Trinajstić information content (AvgIpc) is 2.93. The molecule has 17 heavy (non-hydrogen) atoms. The van der Waals surface area contributed by atoms with Gasteiger partial charge in [0.2, 0.25) is 0 Å². The van der Waals surface area contributed by atoms with E-state index < -0.39 is 0 Å². The Balaban J connectivity index is 1.87. The Morgan fingerprint density at radius 1 is 1.35 bits per heavy atom. The van der Waals surface area contributed by atoms with E-state index in [4.69, 9.17) is 0 Å². The molecule has 5 nitrogen and oxygen atoms in total. The Hall–Kier alpha value is -1.62. The highest BCUT2D eigenvalue weighted by atomic mass is 15.3. The molecule has 0 aliphatic rings. The standard InChI is InChI=1S/C12H19N5/c1-3-13-8-11-9-15-17(10-11)7-5-12-4-6-14-16(12)2/h4,6,9-10,13H,3,5,7-8H2,1-2H3. The molecule has 0 aliphatic heterocycles. The Morgan fingerprint density at radius 3 is 2.94 bits per heavy atom. The van der Waals surface area contributed by atoms with Crippen molar-refractivity contribution in [2.45, 2.75) is 26.4 Å². The highest BCUT2D eigenvalue weighted by molar-refractivity contribution is 5.04. The van der Waals surface area contributed by atoms with E-state index in [0.29, 0.717) is 0 Å². The summed E-state index contributed by atoms with van der Waals surface area (Å²) in [6, 6.07) is 2.04. The van der Waals surface area contributed by atoms with E-state index in [-0.39, 0.29) is 0 Å². The highest BCUT2D eigenvalue weighted by Gasteiger charge is 2.01. The first-order valence-electron chi connectivity index (χ1n) is 5.98. The highest BCUT2D eigenvalue weighted by Crippen LogP contribution is 2.02. The van der Waals surface area contributed by atoms with Crippen LogP contribution >= 0.6 is 0 Å². The summed E-state index contributed by atoms with van der Waals surface area (Å²) in [6.07, 6.45) is 6.80. The number of nitrogens with one attached hydrogen (secondary N) is 1. The fraction of sp³-hybridized carbons (Fsp3) is 0.500. The molecule has 2 heterocycles. The van der Waals surface area contributed by atoms with Crippen LogP contribution in [0.2, 0.25) is 0 Å². The van der Waals surface area contributed by atoms with Crippen molar-refractivity contribution >= 4 is 0 Å². The summed E-state index contributed by atoms with van der Waals surface area (Å²) in [6.45, 7) is 4.88. The van der Waals surface area contributed by atoms with Crippen LogP contribution in [0.1, 0.15) is 18.2 Å². The third kappa shape index (κ3) is 3.17. The zero-order chi connectivity index (χ0) is 12.1. The molecule has 0 amide bonds. The molecule has 2 aromatic rings.